The van der Waals surface area contributed by atoms with Crippen molar-refractivity contribution in [1.82, 2.24) is 0 Å². The molecule has 0 aromatic heterocycles. The summed E-state index contributed by atoms with van der Waals surface area (Å²) in [6.45, 7) is 6.22. The summed E-state index contributed by atoms with van der Waals surface area (Å²) < 4.78 is 10.6. The lowest BCUT2D eigenvalue weighted by Crippen LogP contribution is -2.27. The van der Waals surface area contributed by atoms with E-state index in [1.807, 2.05) is 26.8 Å². The number of carbonyl (C=O) groups excluding carboxylic acids is 1. The molecule has 0 saturated heterocycles. The lowest BCUT2D eigenvalue weighted by molar-refractivity contribution is -0.161. The van der Waals surface area contributed by atoms with E-state index in [9.17, 15) is 4.79 Å². The van der Waals surface area contributed by atoms with Crippen LogP contribution in [0.15, 0.2) is 11.6 Å². The summed E-state index contributed by atoms with van der Waals surface area (Å²) in [7, 11) is 0. The van der Waals surface area contributed by atoms with E-state index in [1.165, 1.54) is 0 Å². The molecular weight excluding hydrogens is 168 g/mol. The molecule has 0 aromatic rings. The molecule has 0 radical (unpaired) electrons. The molecule has 0 heterocycles. The van der Waals surface area contributed by atoms with Gasteiger partial charge < -0.3 is 9.47 Å². The smallest absolute Gasteiger partial charge is 0.169 e. The minimum absolute atomic E-state index is 0.129. The van der Waals surface area contributed by atoms with Crippen LogP contribution in [0.1, 0.15) is 27.2 Å². The molecule has 0 aliphatic heterocycles. The van der Waals surface area contributed by atoms with Crippen molar-refractivity contribution < 1.29 is 14.3 Å². The Bertz CT molecular complexity index is 220. The molecule has 3 heteroatoms. The van der Waals surface area contributed by atoms with Crippen LogP contribution in [0.2, 0.25) is 0 Å². The molecule has 0 fully saturated rings. The van der Waals surface area contributed by atoms with E-state index in [0.29, 0.717) is 13.0 Å². The number of hydrogen-bond donors (Lipinski definition) is 0. The molecule has 1 aliphatic carbocycles. The molecule has 0 N–H and O–H groups in total. The molecule has 1 aliphatic rings. The zero-order valence-corrected chi connectivity index (χ0v) is 8.37. The van der Waals surface area contributed by atoms with Gasteiger partial charge in [0, 0.05) is 13.0 Å². The monoisotopic (exact) mass is 184 g/mol. The van der Waals surface area contributed by atoms with Gasteiger partial charge in [0.05, 0.1) is 0 Å². The maximum atomic E-state index is 11.3. The lowest BCUT2D eigenvalue weighted by atomic mass is 10.2. The van der Waals surface area contributed by atoms with Gasteiger partial charge in [0.2, 0.25) is 0 Å². The van der Waals surface area contributed by atoms with Gasteiger partial charge in [-0.05, 0) is 26.3 Å². The van der Waals surface area contributed by atoms with Gasteiger partial charge in [-0.25, -0.2) is 0 Å². The fraction of sp³-hybridized carbons (Fsp3) is 0.700. The van der Waals surface area contributed by atoms with Crippen molar-refractivity contribution in [3.8, 4) is 0 Å². The highest BCUT2D eigenvalue weighted by molar-refractivity contribution is 5.90. The van der Waals surface area contributed by atoms with Crippen molar-refractivity contribution in [3.63, 3.8) is 0 Å². The molecule has 0 aromatic carbocycles. The summed E-state index contributed by atoms with van der Waals surface area (Å²) in [5.74, 6) is 0.129. The average molecular weight is 184 g/mol. The summed E-state index contributed by atoms with van der Waals surface area (Å²) in [5.41, 5.74) is 0.997. The fourth-order valence-corrected chi connectivity index (χ4v) is 1.38. The third-order valence-corrected chi connectivity index (χ3v) is 2.06. The van der Waals surface area contributed by atoms with E-state index in [0.717, 1.165) is 5.57 Å². The first-order valence-corrected chi connectivity index (χ1v) is 4.61. The predicted molar refractivity (Wildman–Crippen MR) is 49.3 cm³/mol. The van der Waals surface area contributed by atoms with E-state index < -0.39 is 0 Å². The third-order valence-electron chi connectivity index (χ3n) is 2.06. The van der Waals surface area contributed by atoms with Gasteiger partial charge >= 0.3 is 0 Å². The molecule has 0 amide bonds. The Hall–Kier alpha value is -0.670. The van der Waals surface area contributed by atoms with Crippen LogP contribution in [0.25, 0.3) is 0 Å². The summed E-state index contributed by atoms with van der Waals surface area (Å²) >= 11 is 0. The highest BCUT2D eigenvalue weighted by atomic mass is 16.7. The second-order valence-electron chi connectivity index (χ2n) is 3.16. The van der Waals surface area contributed by atoms with Gasteiger partial charge in [-0.3, -0.25) is 4.79 Å². The van der Waals surface area contributed by atoms with Gasteiger partial charge in [0.25, 0.3) is 0 Å². The summed E-state index contributed by atoms with van der Waals surface area (Å²) in [6, 6.07) is 0. The zero-order chi connectivity index (χ0) is 9.84. The quantitative estimate of drug-likeness (QED) is 0.492. The summed E-state index contributed by atoms with van der Waals surface area (Å²) in [6.07, 6.45) is 1.73. The SMILES string of the molecule is CCOC(C)OC1C(=O)CC=C1C. The Morgan fingerprint density at radius 1 is 1.69 bits per heavy atom. The largest absolute Gasteiger partial charge is 0.353 e. The molecule has 3 nitrogen and oxygen atoms in total. The van der Waals surface area contributed by atoms with Crippen LogP contribution in [-0.2, 0) is 14.3 Å². The lowest BCUT2D eigenvalue weighted by Gasteiger charge is -2.18. The van der Waals surface area contributed by atoms with E-state index >= 15 is 0 Å². The van der Waals surface area contributed by atoms with Crippen LogP contribution < -0.4 is 0 Å². The zero-order valence-electron chi connectivity index (χ0n) is 8.37. The highest BCUT2D eigenvalue weighted by Gasteiger charge is 2.27. The topological polar surface area (TPSA) is 35.5 Å². The van der Waals surface area contributed by atoms with Crippen LogP contribution in [0.5, 0.6) is 0 Å². The second-order valence-corrected chi connectivity index (χ2v) is 3.16. The fourth-order valence-electron chi connectivity index (χ4n) is 1.38. The van der Waals surface area contributed by atoms with Crippen LogP contribution in [0, 0.1) is 0 Å². The van der Waals surface area contributed by atoms with E-state index in [4.69, 9.17) is 9.47 Å². The van der Waals surface area contributed by atoms with Crippen molar-refractivity contribution in [1.29, 1.82) is 0 Å². The average Bonchev–Trinajstić information content (AvgIpc) is 2.36. The first kappa shape index (κ1) is 10.4. The number of carbonyl (C=O) groups is 1. The van der Waals surface area contributed by atoms with E-state index in [-0.39, 0.29) is 18.2 Å². The Morgan fingerprint density at radius 2 is 2.38 bits per heavy atom. The number of ether oxygens (including phenoxy) is 2. The maximum Gasteiger partial charge on any atom is 0.169 e. The van der Waals surface area contributed by atoms with Crippen LogP contribution in [0.4, 0.5) is 0 Å². The molecule has 13 heavy (non-hydrogen) atoms. The highest BCUT2D eigenvalue weighted by Crippen LogP contribution is 2.19. The van der Waals surface area contributed by atoms with Gasteiger partial charge in [0.1, 0.15) is 6.10 Å². The maximum absolute atomic E-state index is 11.3. The first-order valence-electron chi connectivity index (χ1n) is 4.61. The third kappa shape index (κ3) is 2.64. The van der Waals surface area contributed by atoms with Gasteiger partial charge in [-0.2, -0.15) is 0 Å². The number of hydrogen-bond acceptors (Lipinski definition) is 3. The van der Waals surface area contributed by atoms with E-state index in [2.05, 4.69) is 0 Å². The normalized spacial score (nSPS) is 24.7. The van der Waals surface area contributed by atoms with Crippen molar-refractivity contribution in [3.05, 3.63) is 11.6 Å². The van der Waals surface area contributed by atoms with Crippen molar-refractivity contribution in [2.24, 2.45) is 0 Å². The van der Waals surface area contributed by atoms with E-state index in [1.54, 1.807) is 0 Å². The predicted octanol–water partition coefficient (Wildman–Crippen LogP) is 1.67. The standard InChI is InChI=1S/C10H16O3/c1-4-12-8(3)13-10-7(2)5-6-9(10)11/h5,8,10H,4,6H2,1-3H3. The van der Waals surface area contributed by atoms with Gasteiger partial charge in [0.15, 0.2) is 12.1 Å². The minimum Gasteiger partial charge on any atom is -0.353 e. The molecule has 2 atom stereocenters. The van der Waals surface area contributed by atoms with Crippen LogP contribution in [0.3, 0.4) is 0 Å². The Kier molecular flexibility index (Phi) is 3.63. The first-order chi connectivity index (χ1) is 6.15. The number of ketones is 1. The second kappa shape index (κ2) is 4.53. The van der Waals surface area contributed by atoms with Crippen molar-refractivity contribution >= 4 is 5.78 Å². The number of allylic oxidation sites excluding steroid dienone is 1. The molecule has 0 bridgehead atoms. The molecule has 0 spiro atoms. The van der Waals surface area contributed by atoms with Crippen molar-refractivity contribution in [2.75, 3.05) is 6.61 Å². The Labute approximate surface area is 78.7 Å². The number of rotatable bonds is 4. The van der Waals surface area contributed by atoms with Crippen molar-refractivity contribution in [2.45, 2.75) is 39.6 Å². The minimum atomic E-state index is -0.374. The number of Topliss-reactive ketones (excluding diaryl/α,β-unsaturated/α-hetero) is 1. The van der Waals surface area contributed by atoms with Gasteiger partial charge in [-0.15, -0.1) is 0 Å². The summed E-state index contributed by atoms with van der Waals surface area (Å²) in [5, 5.41) is 0. The molecule has 74 valence electrons. The van der Waals surface area contributed by atoms with Crippen LogP contribution >= 0.6 is 0 Å². The van der Waals surface area contributed by atoms with Gasteiger partial charge in [-0.1, -0.05) is 6.08 Å². The molecular formula is C10H16O3. The summed E-state index contributed by atoms with van der Waals surface area (Å²) in [4.78, 5) is 11.3. The molecule has 0 saturated carbocycles. The Balaban J connectivity index is 2.43. The molecule has 1 rings (SSSR count). The Morgan fingerprint density at radius 3 is 2.85 bits per heavy atom. The van der Waals surface area contributed by atoms with Crippen LogP contribution in [-0.4, -0.2) is 24.8 Å². The molecule has 2 unspecified atom stereocenters.